The summed E-state index contributed by atoms with van der Waals surface area (Å²) >= 11 is 0. The zero-order chi connectivity index (χ0) is 14.9. The number of carbonyl (C=O) groups is 1. The lowest BCUT2D eigenvalue weighted by Gasteiger charge is -2.34. The van der Waals surface area contributed by atoms with Crippen LogP contribution < -0.4 is 5.32 Å². The number of piperidine rings is 1. The van der Waals surface area contributed by atoms with Crippen molar-refractivity contribution in [2.75, 3.05) is 13.1 Å². The quantitative estimate of drug-likeness (QED) is 0.809. The average molecular weight is 292 g/mol. The van der Waals surface area contributed by atoms with Crippen molar-refractivity contribution in [3.63, 3.8) is 0 Å². The molecule has 3 rings (SSSR count). The molecule has 3 aliphatic rings. The van der Waals surface area contributed by atoms with Crippen LogP contribution in [0, 0.1) is 11.3 Å². The second-order valence-corrected chi connectivity index (χ2v) is 8.33. The van der Waals surface area contributed by atoms with Crippen LogP contribution in [0.15, 0.2) is 0 Å². The second-order valence-electron chi connectivity index (χ2n) is 8.33. The smallest absolute Gasteiger partial charge is 0.225 e. The van der Waals surface area contributed by atoms with Crippen LogP contribution in [0.4, 0.5) is 0 Å². The monoisotopic (exact) mass is 292 g/mol. The van der Waals surface area contributed by atoms with Crippen LogP contribution in [0.1, 0.15) is 71.6 Å². The molecule has 3 heteroatoms. The molecule has 1 atom stereocenters. The predicted octanol–water partition coefficient (Wildman–Crippen LogP) is 3.34. The molecule has 0 aromatic heterocycles. The molecule has 21 heavy (non-hydrogen) atoms. The van der Waals surface area contributed by atoms with Crippen LogP contribution in [-0.4, -0.2) is 36.0 Å². The van der Waals surface area contributed by atoms with Gasteiger partial charge in [0, 0.05) is 31.1 Å². The number of nitrogens with one attached hydrogen (secondary N) is 1. The van der Waals surface area contributed by atoms with Crippen LogP contribution in [0.25, 0.3) is 0 Å². The lowest BCUT2D eigenvalue weighted by Crippen LogP contribution is -2.48. The Morgan fingerprint density at radius 1 is 0.952 bits per heavy atom. The Kier molecular flexibility index (Phi) is 4.58. The van der Waals surface area contributed by atoms with Gasteiger partial charge in [0.15, 0.2) is 0 Å². The molecule has 0 aromatic rings. The van der Waals surface area contributed by atoms with E-state index in [4.69, 9.17) is 0 Å². The summed E-state index contributed by atoms with van der Waals surface area (Å²) in [5.74, 6) is 0.822. The van der Waals surface area contributed by atoms with E-state index in [1.165, 1.54) is 32.1 Å². The molecule has 1 amide bonds. The summed E-state index contributed by atoms with van der Waals surface area (Å²) in [6.07, 6.45) is 11.3. The first-order valence-electron chi connectivity index (χ1n) is 9.08. The van der Waals surface area contributed by atoms with E-state index in [-0.39, 0.29) is 0 Å². The number of hydrogen-bond donors (Lipinski definition) is 1. The minimum absolute atomic E-state index is 0.388. The van der Waals surface area contributed by atoms with Gasteiger partial charge in [-0.3, -0.25) is 4.79 Å². The highest BCUT2D eigenvalue weighted by Gasteiger charge is 2.35. The highest BCUT2D eigenvalue weighted by molar-refractivity contribution is 5.81. The molecule has 1 aliphatic heterocycles. The highest BCUT2D eigenvalue weighted by Crippen LogP contribution is 2.34. The van der Waals surface area contributed by atoms with E-state index >= 15 is 0 Å². The zero-order valence-corrected chi connectivity index (χ0v) is 13.9. The molecular formula is C18H32N2O. The number of likely N-dealkylation sites (tertiary alicyclic amines) is 1. The Bertz CT molecular complexity index is 367. The van der Waals surface area contributed by atoms with Crippen LogP contribution in [0.5, 0.6) is 0 Å². The summed E-state index contributed by atoms with van der Waals surface area (Å²) < 4.78 is 0. The second kappa shape index (κ2) is 6.28. The molecule has 0 bridgehead atoms. The minimum Gasteiger partial charge on any atom is -0.342 e. The van der Waals surface area contributed by atoms with Crippen molar-refractivity contribution in [3.8, 4) is 0 Å². The van der Waals surface area contributed by atoms with Gasteiger partial charge in [-0.2, -0.15) is 0 Å². The van der Waals surface area contributed by atoms with Gasteiger partial charge in [-0.15, -0.1) is 0 Å². The molecule has 3 nitrogen and oxygen atoms in total. The Hall–Kier alpha value is -0.570. The lowest BCUT2D eigenvalue weighted by atomic mass is 9.85. The number of amides is 1. The third-order valence-electron chi connectivity index (χ3n) is 5.78. The number of carbonyl (C=O) groups excluding carboxylic acids is 1. The van der Waals surface area contributed by atoms with E-state index in [1.807, 2.05) is 0 Å². The van der Waals surface area contributed by atoms with Gasteiger partial charge in [0.05, 0.1) is 0 Å². The van der Waals surface area contributed by atoms with Crippen LogP contribution in [-0.2, 0) is 4.79 Å². The molecule has 1 saturated heterocycles. The third-order valence-corrected chi connectivity index (χ3v) is 5.78. The maximum Gasteiger partial charge on any atom is 0.225 e. The molecule has 1 N–H and O–H groups in total. The van der Waals surface area contributed by atoms with Crippen molar-refractivity contribution in [2.45, 2.75) is 83.7 Å². The fraction of sp³-hybridized carbons (Fsp3) is 0.944. The van der Waals surface area contributed by atoms with Crippen molar-refractivity contribution in [2.24, 2.45) is 11.3 Å². The first-order chi connectivity index (χ1) is 10.0. The van der Waals surface area contributed by atoms with Crippen molar-refractivity contribution >= 4 is 5.91 Å². The number of hydrogen-bond acceptors (Lipinski definition) is 2. The van der Waals surface area contributed by atoms with Gasteiger partial charge in [0.25, 0.3) is 0 Å². The van der Waals surface area contributed by atoms with Crippen molar-refractivity contribution in [1.82, 2.24) is 10.2 Å². The van der Waals surface area contributed by atoms with Gasteiger partial charge in [-0.05, 0) is 56.8 Å². The molecular weight excluding hydrogens is 260 g/mol. The maximum atomic E-state index is 12.1. The SMILES string of the molecule is CC1(C)CCCC(NC2CCN(C(=O)C3CC3)CC2)CC1. The van der Waals surface area contributed by atoms with E-state index in [1.54, 1.807) is 0 Å². The van der Waals surface area contributed by atoms with E-state index in [0.29, 0.717) is 29.3 Å². The fourth-order valence-corrected chi connectivity index (χ4v) is 4.02. The summed E-state index contributed by atoms with van der Waals surface area (Å²) in [6, 6.07) is 1.35. The first kappa shape index (κ1) is 15.3. The molecule has 120 valence electrons. The normalized spacial score (nSPS) is 31.0. The van der Waals surface area contributed by atoms with Crippen LogP contribution in [0.2, 0.25) is 0 Å². The fourth-order valence-electron chi connectivity index (χ4n) is 4.02. The first-order valence-corrected chi connectivity index (χ1v) is 9.08. The van der Waals surface area contributed by atoms with Crippen molar-refractivity contribution < 1.29 is 4.79 Å². The van der Waals surface area contributed by atoms with Gasteiger partial charge >= 0.3 is 0 Å². The van der Waals surface area contributed by atoms with Gasteiger partial charge < -0.3 is 10.2 Å². The average Bonchev–Trinajstić information content (AvgIpc) is 3.29. The molecule has 0 aromatic carbocycles. The Labute approximate surface area is 129 Å². The minimum atomic E-state index is 0.388. The summed E-state index contributed by atoms with van der Waals surface area (Å²) in [5, 5.41) is 3.90. The molecule has 3 fully saturated rings. The highest BCUT2D eigenvalue weighted by atomic mass is 16.2. The summed E-state index contributed by atoms with van der Waals surface area (Å²) in [7, 11) is 0. The maximum absolute atomic E-state index is 12.1. The van der Waals surface area contributed by atoms with E-state index in [2.05, 4.69) is 24.1 Å². The standard InChI is InChI=1S/C18H32N2O/c1-18(2)10-3-4-15(7-11-18)19-16-8-12-20(13-9-16)17(21)14-5-6-14/h14-16,19H,3-13H2,1-2H3. The van der Waals surface area contributed by atoms with E-state index in [0.717, 1.165) is 38.8 Å². The Morgan fingerprint density at radius 2 is 1.62 bits per heavy atom. The van der Waals surface area contributed by atoms with Crippen molar-refractivity contribution in [1.29, 1.82) is 0 Å². The van der Waals surface area contributed by atoms with E-state index in [9.17, 15) is 4.79 Å². The molecule has 2 saturated carbocycles. The summed E-state index contributed by atoms with van der Waals surface area (Å²) in [4.78, 5) is 14.2. The van der Waals surface area contributed by atoms with Crippen LogP contribution in [0.3, 0.4) is 0 Å². The van der Waals surface area contributed by atoms with Gasteiger partial charge in [0.1, 0.15) is 0 Å². The third kappa shape index (κ3) is 4.21. The number of rotatable bonds is 3. The molecule has 2 aliphatic carbocycles. The Morgan fingerprint density at radius 3 is 2.29 bits per heavy atom. The van der Waals surface area contributed by atoms with Crippen molar-refractivity contribution in [3.05, 3.63) is 0 Å². The molecule has 1 unspecified atom stereocenters. The van der Waals surface area contributed by atoms with Crippen LogP contribution >= 0.6 is 0 Å². The summed E-state index contributed by atoms with van der Waals surface area (Å²) in [6.45, 7) is 6.78. The lowest BCUT2D eigenvalue weighted by molar-refractivity contribution is -0.133. The predicted molar refractivity (Wildman–Crippen MR) is 86.1 cm³/mol. The zero-order valence-electron chi connectivity index (χ0n) is 13.9. The molecule has 0 spiro atoms. The largest absolute Gasteiger partial charge is 0.342 e. The van der Waals surface area contributed by atoms with E-state index < -0.39 is 0 Å². The molecule has 0 radical (unpaired) electrons. The topological polar surface area (TPSA) is 32.3 Å². The van der Waals surface area contributed by atoms with Gasteiger partial charge in [-0.25, -0.2) is 0 Å². The Balaban J connectivity index is 1.41. The molecule has 1 heterocycles. The van der Waals surface area contributed by atoms with Gasteiger partial charge in [-0.1, -0.05) is 20.3 Å². The summed E-state index contributed by atoms with van der Waals surface area (Å²) in [5.41, 5.74) is 0.538. The number of nitrogens with zero attached hydrogens (tertiary/aromatic N) is 1. The van der Waals surface area contributed by atoms with Gasteiger partial charge in [0.2, 0.25) is 5.91 Å².